The molecule has 3 saturated carbocycles. The monoisotopic (exact) mass is 432 g/mol. The van der Waals surface area contributed by atoms with Gasteiger partial charge in [0.25, 0.3) is 0 Å². The molecule has 8 atom stereocenters. The third-order valence-electron chi connectivity index (χ3n) is 8.59. The Kier molecular flexibility index (Phi) is 6.27. The summed E-state index contributed by atoms with van der Waals surface area (Å²) >= 11 is 0. The molecule has 0 saturated heterocycles. The number of allylic oxidation sites excluding steroid dienone is 2. The lowest BCUT2D eigenvalue weighted by molar-refractivity contribution is -0.243. The maximum absolute atomic E-state index is 13.2. The number of carbonyl (C=O) groups excluding carboxylic acids is 3. The first-order chi connectivity index (χ1) is 14.5. The van der Waals surface area contributed by atoms with E-state index < -0.39 is 35.0 Å². The normalized spacial score (nSPS) is 42.4. The second-order valence-corrected chi connectivity index (χ2v) is 10.2. The molecular formula is C25H36O6. The van der Waals surface area contributed by atoms with Crippen molar-refractivity contribution in [1.29, 1.82) is 0 Å². The van der Waals surface area contributed by atoms with Crippen LogP contribution in [0, 0.1) is 34.5 Å². The van der Waals surface area contributed by atoms with Crippen molar-refractivity contribution in [3.8, 4) is 0 Å². The molecule has 0 radical (unpaired) electrons. The maximum atomic E-state index is 13.2. The molecule has 3 aliphatic carbocycles. The first kappa shape index (κ1) is 23.7. The van der Waals surface area contributed by atoms with Crippen LogP contribution in [0.15, 0.2) is 23.3 Å². The maximum Gasteiger partial charge on any atom is 0.333 e. The van der Waals surface area contributed by atoms with E-state index in [-0.39, 0.29) is 42.5 Å². The molecule has 3 unspecified atom stereocenters. The zero-order valence-electron chi connectivity index (χ0n) is 19.7. The summed E-state index contributed by atoms with van der Waals surface area (Å²) in [5.74, 6) is -0.942. The number of aliphatic hydroxyl groups is 1. The fourth-order valence-corrected chi connectivity index (χ4v) is 6.54. The van der Waals surface area contributed by atoms with Crippen molar-refractivity contribution < 1.29 is 29.0 Å². The molecule has 31 heavy (non-hydrogen) atoms. The molecule has 0 aliphatic heterocycles. The molecule has 3 rings (SSSR count). The molecule has 172 valence electrons. The summed E-state index contributed by atoms with van der Waals surface area (Å²) in [5, 5.41) is 10.5. The fourth-order valence-electron chi connectivity index (χ4n) is 6.54. The largest absolute Gasteiger partial charge is 0.458 e. The van der Waals surface area contributed by atoms with Gasteiger partial charge in [-0.25, -0.2) is 9.59 Å². The fraction of sp³-hybridized carbons (Fsp3) is 0.720. The highest BCUT2D eigenvalue weighted by atomic mass is 16.6. The van der Waals surface area contributed by atoms with Crippen LogP contribution < -0.4 is 0 Å². The number of Topliss-reactive ketones (excluding diaryl/α,β-unsaturated/α-hetero) is 1. The van der Waals surface area contributed by atoms with Gasteiger partial charge >= 0.3 is 11.9 Å². The van der Waals surface area contributed by atoms with E-state index in [1.54, 1.807) is 39.8 Å². The van der Waals surface area contributed by atoms with Gasteiger partial charge in [-0.15, -0.1) is 0 Å². The number of fused-ring (bicyclic) bond motifs is 1. The van der Waals surface area contributed by atoms with Crippen LogP contribution in [0.5, 0.6) is 0 Å². The molecule has 4 bridgehead atoms. The third kappa shape index (κ3) is 3.38. The standard InChI is InChI=1S/C25H36O6/c1-8-13(3)22(28)30-17-11-18(31-23(29)14(4)9-2)25(7)19-15(5)10-16(27)20(25)21(19)24(17,6)12-26/h8-9,15,17-21,26H,10-12H2,1-7H3/b13-8-,14-9-/t15-,17-,18-,19?,20?,21?,24+,25-/m1/s1. The van der Waals surface area contributed by atoms with Gasteiger partial charge in [-0.2, -0.15) is 0 Å². The molecule has 0 spiro atoms. The van der Waals surface area contributed by atoms with Crippen LogP contribution in [-0.2, 0) is 23.9 Å². The molecule has 0 aromatic carbocycles. The Hall–Kier alpha value is -1.95. The molecule has 0 aromatic rings. The SMILES string of the molecule is C/C=C(/C)C(=O)O[C@@H]1C[C@@H](OC(=O)/C(C)=C\C)[C@](C)(CO)C2C3C(=O)C[C@@H](C)C2[C@]31C. The first-order valence-corrected chi connectivity index (χ1v) is 11.3. The summed E-state index contributed by atoms with van der Waals surface area (Å²) in [5.41, 5.74) is -0.349. The smallest absolute Gasteiger partial charge is 0.333 e. The summed E-state index contributed by atoms with van der Waals surface area (Å²) in [7, 11) is 0. The number of aliphatic hydroxyl groups excluding tert-OH is 1. The van der Waals surface area contributed by atoms with E-state index in [9.17, 15) is 19.5 Å². The average molecular weight is 433 g/mol. The molecule has 3 fully saturated rings. The van der Waals surface area contributed by atoms with Crippen molar-refractivity contribution in [2.45, 2.75) is 73.5 Å². The number of esters is 2. The van der Waals surface area contributed by atoms with Crippen LogP contribution in [0.4, 0.5) is 0 Å². The Bertz CT molecular complexity index is 841. The molecule has 6 nitrogen and oxygen atoms in total. The topological polar surface area (TPSA) is 89.9 Å². The van der Waals surface area contributed by atoms with Gasteiger partial charge < -0.3 is 14.6 Å². The van der Waals surface area contributed by atoms with E-state index >= 15 is 0 Å². The first-order valence-electron chi connectivity index (χ1n) is 11.3. The van der Waals surface area contributed by atoms with Crippen LogP contribution in [0.2, 0.25) is 0 Å². The second-order valence-electron chi connectivity index (χ2n) is 10.2. The van der Waals surface area contributed by atoms with Crippen molar-refractivity contribution in [3.63, 3.8) is 0 Å². The summed E-state index contributed by atoms with van der Waals surface area (Å²) in [6.07, 6.45) is 2.90. The van der Waals surface area contributed by atoms with Gasteiger partial charge in [0.1, 0.15) is 18.0 Å². The number of rotatable bonds is 5. The summed E-state index contributed by atoms with van der Waals surface area (Å²) in [6.45, 7) is 12.7. The molecule has 6 heteroatoms. The molecule has 0 aromatic heterocycles. The van der Waals surface area contributed by atoms with Crippen molar-refractivity contribution in [1.82, 2.24) is 0 Å². The van der Waals surface area contributed by atoms with E-state index in [1.807, 2.05) is 13.8 Å². The van der Waals surface area contributed by atoms with Gasteiger partial charge in [0.2, 0.25) is 0 Å². The number of hydrogen-bond donors (Lipinski definition) is 1. The zero-order chi connectivity index (χ0) is 23.3. The molecule has 0 amide bonds. The van der Waals surface area contributed by atoms with Crippen molar-refractivity contribution >= 4 is 17.7 Å². The number of ether oxygens (including phenoxy) is 2. The predicted molar refractivity (Wildman–Crippen MR) is 116 cm³/mol. The van der Waals surface area contributed by atoms with E-state index in [4.69, 9.17) is 9.47 Å². The highest BCUT2D eigenvalue weighted by molar-refractivity contribution is 5.89. The highest BCUT2D eigenvalue weighted by Gasteiger charge is 2.76. The minimum Gasteiger partial charge on any atom is -0.458 e. The van der Waals surface area contributed by atoms with E-state index in [2.05, 4.69) is 6.92 Å². The van der Waals surface area contributed by atoms with Crippen LogP contribution >= 0.6 is 0 Å². The summed E-state index contributed by atoms with van der Waals surface area (Å²) in [4.78, 5) is 38.5. The molecule has 1 N–H and O–H groups in total. The van der Waals surface area contributed by atoms with E-state index in [0.717, 1.165) is 0 Å². The van der Waals surface area contributed by atoms with Crippen LogP contribution in [0.25, 0.3) is 0 Å². The quantitative estimate of drug-likeness (QED) is 0.527. The van der Waals surface area contributed by atoms with Crippen LogP contribution in [0.1, 0.15) is 61.3 Å². The lowest BCUT2D eigenvalue weighted by Gasteiger charge is -2.68. The third-order valence-corrected chi connectivity index (χ3v) is 8.59. The lowest BCUT2D eigenvalue weighted by Crippen LogP contribution is -2.71. The Morgan fingerprint density at radius 2 is 1.55 bits per heavy atom. The second kappa shape index (κ2) is 8.19. The van der Waals surface area contributed by atoms with Crippen molar-refractivity contribution in [2.75, 3.05) is 6.61 Å². The van der Waals surface area contributed by atoms with Gasteiger partial charge in [-0.05, 0) is 45.4 Å². The summed E-state index contributed by atoms with van der Waals surface area (Å²) in [6, 6.07) is 0. The summed E-state index contributed by atoms with van der Waals surface area (Å²) < 4.78 is 11.9. The van der Waals surface area contributed by atoms with Gasteiger partial charge in [-0.3, -0.25) is 4.79 Å². The predicted octanol–water partition coefficient (Wildman–Crippen LogP) is 3.62. The average Bonchev–Trinajstić information content (AvgIpc) is 2.85. The lowest BCUT2D eigenvalue weighted by atomic mass is 9.35. The van der Waals surface area contributed by atoms with Crippen LogP contribution in [-0.4, -0.2) is 41.6 Å². The molecule has 0 heterocycles. The number of ketones is 1. The number of carbonyl (C=O) groups is 3. The van der Waals surface area contributed by atoms with Gasteiger partial charge in [-0.1, -0.05) is 32.9 Å². The Morgan fingerprint density at radius 3 is 2.00 bits per heavy atom. The molecular weight excluding hydrogens is 396 g/mol. The van der Waals surface area contributed by atoms with Crippen LogP contribution in [0.3, 0.4) is 0 Å². The Balaban J connectivity index is 2.09. The van der Waals surface area contributed by atoms with Gasteiger partial charge in [0.05, 0.1) is 6.61 Å². The van der Waals surface area contributed by atoms with E-state index in [0.29, 0.717) is 17.6 Å². The minimum atomic E-state index is -0.792. The van der Waals surface area contributed by atoms with Crippen molar-refractivity contribution in [2.24, 2.45) is 34.5 Å². The molecule has 3 aliphatic rings. The Morgan fingerprint density at radius 1 is 1.03 bits per heavy atom. The van der Waals surface area contributed by atoms with Gasteiger partial charge in [0.15, 0.2) is 0 Å². The van der Waals surface area contributed by atoms with Crippen molar-refractivity contribution in [3.05, 3.63) is 23.3 Å². The Labute approximate surface area is 185 Å². The zero-order valence-corrected chi connectivity index (χ0v) is 19.7. The highest BCUT2D eigenvalue weighted by Crippen LogP contribution is 2.73. The van der Waals surface area contributed by atoms with E-state index in [1.165, 1.54) is 0 Å². The van der Waals surface area contributed by atoms with Gasteiger partial charge in [0, 0.05) is 40.7 Å². The minimum absolute atomic E-state index is 0.0996. The number of hydrogen-bond acceptors (Lipinski definition) is 6.